The number of methoxy groups -OCH3 is 1. The number of halogens is 1. The van der Waals surface area contributed by atoms with Crippen LogP contribution in [0.4, 0.5) is 5.69 Å². The van der Waals surface area contributed by atoms with E-state index in [1.54, 1.807) is 7.11 Å². The van der Waals surface area contributed by atoms with Gasteiger partial charge in [-0.3, -0.25) is 4.79 Å². The molecule has 0 spiro atoms. The van der Waals surface area contributed by atoms with E-state index in [1.807, 2.05) is 24.3 Å². The van der Waals surface area contributed by atoms with Gasteiger partial charge in [0.2, 0.25) is 0 Å². The third-order valence-electron chi connectivity index (χ3n) is 2.96. The zero-order valence-electron chi connectivity index (χ0n) is 11.6. The third-order valence-corrected chi connectivity index (χ3v) is 3.26. The number of nitrogen functional groups attached to an aromatic ring is 1. The summed E-state index contributed by atoms with van der Waals surface area (Å²) in [6.07, 6.45) is 2.12. The molecule has 0 aliphatic heterocycles. The first-order valence-electron chi connectivity index (χ1n) is 6.42. The molecule has 2 aromatic rings. The van der Waals surface area contributed by atoms with E-state index in [9.17, 15) is 4.79 Å². The number of hydrogen-bond acceptors (Lipinski definition) is 4. The van der Waals surface area contributed by atoms with Crippen molar-refractivity contribution in [2.45, 2.75) is 6.42 Å². The smallest absolute Gasteiger partial charge is 0.254 e. The Morgan fingerprint density at radius 1 is 1.38 bits per heavy atom. The summed E-state index contributed by atoms with van der Waals surface area (Å²) in [6.45, 7) is 0.496. The molecule has 1 amide bonds. The van der Waals surface area contributed by atoms with Crippen molar-refractivity contribution in [3.05, 3.63) is 52.8 Å². The minimum atomic E-state index is -0.284. The van der Waals surface area contributed by atoms with Crippen molar-refractivity contribution in [2.24, 2.45) is 0 Å². The lowest BCUT2D eigenvalue weighted by molar-refractivity contribution is 0.0954. The molecule has 21 heavy (non-hydrogen) atoms. The van der Waals surface area contributed by atoms with Crippen LogP contribution in [-0.4, -0.2) is 24.5 Å². The molecule has 0 fully saturated rings. The fraction of sp³-hybridized carbons (Fsp3) is 0.200. The van der Waals surface area contributed by atoms with Crippen LogP contribution in [0.1, 0.15) is 15.9 Å². The molecule has 1 heterocycles. The van der Waals surface area contributed by atoms with E-state index in [2.05, 4.69) is 10.3 Å². The van der Waals surface area contributed by atoms with Crippen LogP contribution in [0.5, 0.6) is 5.75 Å². The predicted octanol–water partition coefficient (Wildman–Crippen LogP) is 2.30. The van der Waals surface area contributed by atoms with Crippen LogP contribution >= 0.6 is 11.6 Å². The lowest BCUT2D eigenvalue weighted by atomic mass is 10.1. The van der Waals surface area contributed by atoms with Crippen molar-refractivity contribution in [3.8, 4) is 5.75 Å². The molecule has 1 aromatic heterocycles. The number of aromatic nitrogens is 1. The molecule has 0 saturated carbocycles. The number of hydrogen-bond donors (Lipinski definition) is 2. The van der Waals surface area contributed by atoms with Gasteiger partial charge in [-0.2, -0.15) is 0 Å². The molecule has 0 unspecified atom stereocenters. The topological polar surface area (TPSA) is 77.2 Å². The molecular formula is C15H16ClN3O2. The molecule has 0 aliphatic carbocycles. The molecular weight excluding hydrogens is 290 g/mol. The van der Waals surface area contributed by atoms with Crippen LogP contribution in [0, 0.1) is 0 Å². The number of carbonyl (C=O) groups is 1. The molecule has 0 bridgehead atoms. The zero-order chi connectivity index (χ0) is 15.2. The summed E-state index contributed by atoms with van der Waals surface area (Å²) >= 11 is 5.88. The Kier molecular flexibility index (Phi) is 5.00. The summed E-state index contributed by atoms with van der Waals surface area (Å²) in [4.78, 5) is 15.8. The average Bonchev–Trinajstić information content (AvgIpc) is 2.50. The van der Waals surface area contributed by atoms with E-state index in [1.165, 1.54) is 12.3 Å². The van der Waals surface area contributed by atoms with Gasteiger partial charge in [0, 0.05) is 6.54 Å². The Hall–Kier alpha value is -2.27. The van der Waals surface area contributed by atoms with Gasteiger partial charge in [0.15, 0.2) is 0 Å². The highest BCUT2D eigenvalue weighted by Gasteiger charge is 2.11. The third kappa shape index (κ3) is 4.10. The largest absolute Gasteiger partial charge is 0.497 e. The highest BCUT2D eigenvalue weighted by molar-refractivity contribution is 6.32. The lowest BCUT2D eigenvalue weighted by Gasteiger charge is -2.07. The summed E-state index contributed by atoms with van der Waals surface area (Å²) in [5.74, 6) is 0.522. The van der Waals surface area contributed by atoms with E-state index in [-0.39, 0.29) is 16.6 Å². The maximum Gasteiger partial charge on any atom is 0.254 e. The first-order chi connectivity index (χ1) is 10.1. The Morgan fingerprint density at radius 2 is 2.10 bits per heavy atom. The second-order valence-corrected chi connectivity index (χ2v) is 4.82. The number of amides is 1. The second-order valence-electron chi connectivity index (χ2n) is 4.46. The highest BCUT2D eigenvalue weighted by atomic mass is 35.5. The summed E-state index contributed by atoms with van der Waals surface area (Å²) < 4.78 is 5.09. The van der Waals surface area contributed by atoms with Gasteiger partial charge in [-0.25, -0.2) is 4.98 Å². The monoisotopic (exact) mass is 305 g/mol. The number of nitrogens with two attached hydrogens (primary N) is 1. The van der Waals surface area contributed by atoms with Gasteiger partial charge in [0.1, 0.15) is 10.9 Å². The van der Waals surface area contributed by atoms with Crippen molar-refractivity contribution >= 4 is 23.2 Å². The number of anilines is 1. The Labute approximate surface area is 128 Å². The number of pyridine rings is 1. The molecule has 6 heteroatoms. The molecule has 3 N–H and O–H groups in total. The van der Waals surface area contributed by atoms with Crippen LogP contribution in [-0.2, 0) is 6.42 Å². The number of rotatable bonds is 5. The summed E-state index contributed by atoms with van der Waals surface area (Å²) in [5.41, 5.74) is 7.39. The number of nitrogens with zero attached hydrogens (tertiary/aromatic N) is 1. The van der Waals surface area contributed by atoms with E-state index >= 15 is 0 Å². The van der Waals surface area contributed by atoms with E-state index < -0.39 is 0 Å². The molecule has 0 radical (unpaired) electrons. The average molecular weight is 306 g/mol. The van der Waals surface area contributed by atoms with Gasteiger partial charge in [-0.05, 0) is 30.2 Å². The van der Waals surface area contributed by atoms with Gasteiger partial charge in [0.05, 0.1) is 24.6 Å². The Morgan fingerprint density at radius 3 is 2.76 bits per heavy atom. The first-order valence-corrected chi connectivity index (χ1v) is 6.80. The predicted molar refractivity (Wildman–Crippen MR) is 82.7 cm³/mol. The van der Waals surface area contributed by atoms with Crippen molar-refractivity contribution in [1.82, 2.24) is 10.3 Å². The first kappa shape index (κ1) is 15.1. The van der Waals surface area contributed by atoms with Crippen LogP contribution in [0.2, 0.25) is 5.15 Å². The summed E-state index contributed by atoms with van der Waals surface area (Å²) in [7, 11) is 1.62. The summed E-state index contributed by atoms with van der Waals surface area (Å²) in [6, 6.07) is 9.20. The normalized spacial score (nSPS) is 10.2. The number of carbonyl (C=O) groups excluding carboxylic acids is 1. The van der Waals surface area contributed by atoms with Gasteiger partial charge in [0.25, 0.3) is 5.91 Å². The molecule has 2 rings (SSSR count). The van der Waals surface area contributed by atoms with Gasteiger partial charge < -0.3 is 15.8 Å². The van der Waals surface area contributed by atoms with Crippen molar-refractivity contribution in [1.29, 1.82) is 0 Å². The maximum absolute atomic E-state index is 12.0. The van der Waals surface area contributed by atoms with Crippen molar-refractivity contribution in [2.75, 3.05) is 19.4 Å². The van der Waals surface area contributed by atoms with Crippen molar-refractivity contribution in [3.63, 3.8) is 0 Å². The molecule has 1 aromatic carbocycles. The molecule has 0 atom stereocenters. The number of benzene rings is 1. The van der Waals surface area contributed by atoms with E-state index in [4.69, 9.17) is 22.1 Å². The summed E-state index contributed by atoms with van der Waals surface area (Å²) in [5, 5.41) is 2.94. The zero-order valence-corrected chi connectivity index (χ0v) is 12.4. The van der Waals surface area contributed by atoms with E-state index in [0.717, 1.165) is 11.3 Å². The molecule has 5 nitrogen and oxygen atoms in total. The second kappa shape index (κ2) is 6.95. The lowest BCUT2D eigenvalue weighted by Crippen LogP contribution is -2.26. The van der Waals surface area contributed by atoms with Gasteiger partial charge >= 0.3 is 0 Å². The maximum atomic E-state index is 12.0. The van der Waals surface area contributed by atoms with E-state index in [0.29, 0.717) is 18.7 Å². The molecule has 0 saturated heterocycles. The van der Waals surface area contributed by atoms with Crippen LogP contribution in [0.25, 0.3) is 0 Å². The van der Waals surface area contributed by atoms with Gasteiger partial charge in [-0.15, -0.1) is 0 Å². The van der Waals surface area contributed by atoms with Gasteiger partial charge in [-0.1, -0.05) is 23.7 Å². The number of nitrogens with one attached hydrogen (secondary N) is 1. The van der Waals surface area contributed by atoms with Crippen LogP contribution in [0.15, 0.2) is 36.5 Å². The standard InChI is InChI=1S/C15H16ClN3O2/c1-21-12-4-2-10(3-5-12)6-7-18-15(20)13-8-11(17)9-19-14(13)16/h2-5,8-9H,6-7,17H2,1H3,(H,18,20). The van der Waals surface area contributed by atoms with Crippen molar-refractivity contribution < 1.29 is 9.53 Å². The number of ether oxygens (including phenoxy) is 1. The Bertz CT molecular complexity index is 629. The van der Waals surface area contributed by atoms with Crippen LogP contribution in [0.3, 0.4) is 0 Å². The minimum absolute atomic E-state index is 0.145. The highest BCUT2D eigenvalue weighted by Crippen LogP contribution is 2.15. The fourth-order valence-electron chi connectivity index (χ4n) is 1.83. The SMILES string of the molecule is COc1ccc(CCNC(=O)c2cc(N)cnc2Cl)cc1. The molecule has 0 aliphatic rings. The quantitative estimate of drug-likeness (QED) is 0.831. The fourth-order valence-corrected chi connectivity index (χ4v) is 2.02. The molecule has 110 valence electrons. The minimum Gasteiger partial charge on any atom is -0.497 e. The Balaban J connectivity index is 1.90. The van der Waals surface area contributed by atoms with Crippen LogP contribution < -0.4 is 15.8 Å².